The quantitative estimate of drug-likeness (QED) is 0.911. The lowest BCUT2D eigenvalue weighted by atomic mass is 9.93. The molecule has 0 spiro atoms. The molecule has 0 atom stereocenters. The molecule has 1 aliphatic rings. The van der Waals surface area contributed by atoms with Gasteiger partial charge >= 0.3 is 0 Å². The highest BCUT2D eigenvalue weighted by Gasteiger charge is 2.30. The van der Waals surface area contributed by atoms with Crippen LogP contribution in [0.3, 0.4) is 0 Å². The summed E-state index contributed by atoms with van der Waals surface area (Å²) in [6.07, 6.45) is 5.34. The molecule has 5 heteroatoms. The minimum absolute atomic E-state index is 0.256. The van der Waals surface area contributed by atoms with E-state index in [1.807, 2.05) is 31.7 Å². The zero-order valence-electron chi connectivity index (χ0n) is 12.6. The average Bonchev–Trinajstić information content (AvgIpc) is 2.45. The Hall–Kier alpha value is -1.49. The molecule has 2 heterocycles. The van der Waals surface area contributed by atoms with Crippen molar-refractivity contribution in [1.82, 2.24) is 20.2 Å². The third kappa shape index (κ3) is 4.00. The van der Waals surface area contributed by atoms with Crippen molar-refractivity contribution in [2.75, 3.05) is 13.1 Å². The number of amides is 1. The summed E-state index contributed by atoms with van der Waals surface area (Å²) < 4.78 is 0. The van der Waals surface area contributed by atoms with Gasteiger partial charge in [-0.25, -0.2) is 9.97 Å². The number of rotatable bonds is 3. The molecular weight excluding hydrogens is 252 g/mol. The Kier molecular flexibility index (Phi) is 4.70. The van der Waals surface area contributed by atoms with E-state index < -0.39 is 0 Å². The number of likely N-dealkylation sites (tertiary alicyclic amines) is 1. The molecule has 1 aliphatic heterocycles. The normalized spacial score (nSPS) is 17.2. The fourth-order valence-electron chi connectivity index (χ4n) is 2.43. The second kappa shape index (κ2) is 6.31. The van der Waals surface area contributed by atoms with Crippen LogP contribution in [0.1, 0.15) is 39.3 Å². The minimum Gasteiger partial charge on any atom is -0.342 e. The van der Waals surface area contributed by atoms with Gasteiger partial charge in [-0.2, -0.15) is 0 Å². The predicted molar refractivity (Wildman–Crippen MR) is 77.9 cm³/mol. The van der Waals surface area contributed by atoms with Crippen molar-refractivity contribution in [2.24, 2.45) is 5.41 Å². The average molecular weight is 276 g/mol. The molecule has 1 aromatic heterocycles. The lowest BCUT2D eigenvalue weighted by Crippen LogP contribution is -2.48. The second-order valence-corrected chi connectivity index (χ2v) is 6.40. The first kappa shape index (κ1) is 14.9. The summed E-state index contributed by atoms with van der Waals surface area (Å²) in [5, 5.41) is 3.51. The summed E-state index contributed by atoms with van der Waals surface area (Å²) >= 11 is 0. The maximum atomic E-state index is 12.2. The van der Waals surface area contributed by atoms with Crippen LogP contribution in [-0.2, 0) is 11.3 Å². The highest BCUT2D eigenvalue weighted by Crippen LogP contribution is 2.21. The summed E-state index contributed by atoms with van der Waals surface area (Å²) in [6, 6.07) is 2.39. The van der Waals surface area contributed by atoms with Gasteiger partial charge in [0.25, 0.3) is 0 Å². The fourth-order valence-corrected chi connectivity index (χ4v) is 2.43. The largest absolute Gasteiger partial charge is 0.342 e. The van der Waals surface area contributed by atoms with Crippen molar-refractivity contribution in [3.63, 3.8) is 0 Å². The molecule has 0 unspecified atom stereocenters. The van der Waals surface area contributed by atoms with Gasteiger partial charge in [0, 0.05) is 37.3 Å². The number of hydrogen-bond donors (Lipinski definition) is 1. The van der Waals surface area contributed by atoms with E-state index in [2.05, 4.69) is 15.3 Å². The number of aromatic nitrogens is 2. The standard InChI is InChI=1S/C15H24N4O/c1-15(2,3)14(20)19-8-5-12(6-9-19)17-10-13-4-7-16-11-18-13/h4,7,11-12,17H,5-6,8-10H2,1-3H3. The Morgan fingerprint density at radius 2 is 2.10 bits per heavy atom. The Morgan fingerprint density at radius 3 is 2.65 bits per heavy atom. The molecule has 2 rings (SSSR count). The molecule has 1 saturated heterocycles. The van der Waals surface area contributed by atoms with E-state index >= 15 is 0 Å². The van der Waals surface area contributed by atoms with Gasteiger partial charge in [0.15, 0.2) is 0 Å². The Morgan fingerprint density at radius 1 is 1.40 bits per heavy atom. The van der Waals surface area contributed by atoms with Gasteiger partial charge in [-0.15, -0.1) is 0 Å². The number of carbonyl (C=O) groups is 1. The van der Waals surface area contributed by atoms with Gasteiger partial charge in [-0.1, -0.05) is 20.8 Å². The van der Waals surface area contributed by atoms with Crippen molar-refractivity contribution in [3.8, 4) is 0 Å². The van der Waals surface area contributed by atoms with Crippen LogP contribution < -0.4 is 5.32 Å². The van der Waals surface area contributed by atoms with Crippen molar-refractivity contribution < 1.29 is 4.79 Å². The highest BCUT2D eigenvalue weighted by molar-refractivity contribution is 5.81. The van der Waals surface area contributed by atoms with Crippen LogP contribution in [0.5, 0.6) is 0 Å². The van der Waals surface area contributed by atoms with Gasteiger partial charge < -0.3 is 10.2 Å². The first-order chi connectivity index (χ1) is 9.47. The van der Waals surface area contributed by atoms with E-state index in [0.29, 0.717) is 6.04 Å². The third-order valence-electron chi connectivity index (χ3n) is 3.64. The molecule has 1 aromatic rings. The fraction of sp³-hybridized carbons (Fsp3) is 0.667. The molecule has 110 valence electrons. The van der Waals surface area contributed by atoms with Crippen LogP contribution in [0.2, 0.25) is 0 Å². The molecule has 0 saturated carbocycles. The second-order valence-electron chi connectivity index (χ2n) is 6.40. The van der Waals surface area contributed by atoms with Crippen LogP contribution >= 0.6 is 0 Å². The molecule has 1 N–H and O–H groups in total. The van der Waals surface area contributed by atoms with Gasteiger partial charge in [-0.3, -0.25) is 4.79 Å². The van der Waals surface area contributed by atoms with Gasteiger partial charge in [0.1, 0.15) is 6.33 Å². The summed E-state index contributed by atoms with van der Waals surface area (Å²) in [6.45, 7) is 8.40. The topological polar surface area (TPSA) is 58.1 Å². The molecule has 1 amide bonds. The maximum Gasteiger partial charge on any atom is 0.227 e. The lowest BCUT2D eigenvalue weighted by Gasteiger charge is -2.36. The first-order valence-electron chi connectivity index (χ1n) is 7.24. The lowest BCUT2D eigenvalue weighted by molar-refractivity contribution is -0.140. The van der Waals surface area contributed by atoms with Crippen LogP contribution in [0.4, 0.5) is 0 Å². The smallest absolute Gasteiger partial charge is 0.227 e. The molecule has 0 radical (unpaired) electrons. The SMILES string of the molecule is CC(C)(C)C(=O)N1CCC(NCc2ccncn2)CC1. The molecule has 20 heavy (non-hydrogen) atoms. The molecule has 0 bridgehead atoms. The van der Waals surface area contributed by atoms with Gasteiger partial charge in [0.2, 0.25) is 5.91 Å². The van der Waals surface area contributed by atoms with Crippen LogP contribution in [0, 0.1) is 5.41 Å². The monoisotopic (exact) mass is 276 g/mol. The zero-order chi connectivity index (χ0) is 14.6. The van der Waals surface area contributed by atoms with Crippen molar-refractivity contribution in [3.05, 3.63) is 24.3 Å². The number of nitrogens with one attached hydrogen (secondary N) is 1. The van der Waals surface area contributed by atoms with E-state index in [1.54, 1.807) is 12.5 Å². The Labute approximate surface area is 120 Å². The van der Waals surface area contributed by atoms with Gasteiger partial charge in [0.05, 0.1) is 5.69 Å². The summed E-state index contributed by atoms with van der Waals surface area (Å²) in [4.78, 5) is 22.3. The first-order valence-corrected chi connectivity index (χ1v) is 7.24. The number of piperidine rings is 1. The predicted octanol–water partition coefficient (Wildman–Crippen LogP) is 1.60. The van der Waals surface area contributed by atoms with Crippen molar-refractivity contribution >= 4 is 5.91 Å². The third-order valence-corrected chi connectivity index (χ3v) is 3.64. The van der Waals surface area contributed by atoms with Gasteiger partial charge in [-0.05, 0) is 18.9 Å². The molecule has 0 aliphatic carbocycles. The summed E-state index contributed by atoms with van der Waals surface area (Å²) in [5.41, 5.74) is 0.731. The number of nitrogens with zero attached hydrogens (tertiary/aromatic N) is 3. The summed E-state index contributed by atoms with van der Waals surface area (Å²) in [5.74, 6) is 0.256. The Bertz CT molecular complexity index is 433. The van der Waals surface area contributed by atoms with E-state index in [1.165, 1.54) is 0 Å². The van der Waals surface area contributed by atoms with Crippen LogP contribution in [-0.4, -0.2) is 39.9 Å². The molecular formula is C15H24N4O. The van der Waals surface area contributed by atoms with E-state index in [0.717, 1.165) is 38.2 Å². The molecule has 5 nitrogen and oxygen atoms in total. The highest BCUT2D eigenvalue weighted by atomic mass is 16.2. The van der Waals surface area contributed by atoms with Crippen LogP contribution in [0.25, 0.3) is 0 Å². The minimum atomic E-state index is -0.277. The summed E-state index contributed by atoms with van der Waals surface area (Å²) in [7, 11) is 0. The van der Waals surface area contributed by atoms with E-state index in [4.69, 9.17) is 0 Å². The van der Waals surface area contributed by atoms with E-state index in [9.17, 15) is 4.79 Å². The number of hydrogen-bond acceptors (Lipinski definition) is 4. The van der Waals surface area contributed by atoms with Crippen LogP contribution in [0.15, 0.2) is 18.6 Å². The molecule has 0 aromatic carbocycles. The zero-order valence-corrected chi connectivity index (χ0v) is 12.6. The maximum absolute atomic E-state index is 12.2. The van der Waals surface area contributed by atoms with E-state index in [-0.39, 0.29) is 11.3 Å². The number of carbonyl (C=O) groups excluding carboxylic acids is 1. The Balaban J connectivity index is 1.76. The molecule has 1 fully saturated rings. The van der Waals surface area contributed by atoms with Crippen molar-refractivity contribution in [1.29, 1.82) is 0 Å². The van der Waals surface area contributed by atoms with Crippen molar-refractivity contribution in [2.45, 2.75) is 46.2 Å².